The van der Waals surface area contributed by atoms with E-state index in [2.05, 4.69) is 15.0 Å². The first-order chi connectivity index (χ1) is 13.0. The van der Waals surface area contributed by atoms with E-state index in [1.54, 1.807) is 24.1 Å². The number of pyridine rings is 1. The van der Waals surface area contributed by atoms with E-state index in [-0.39, 0.29) is 12.5 Å². The van der Waals surface area contributed by atoms with Crippen LogP contribution < -0.4 is 10.7 Å². The van der Waals surface area contributed by atoms with Gasteiger partial charge in [0.1, 0.15) is 5.69 Å². The molecule has 0 spiro atoms. The van der Waals surface area contributed by atoms with Gasteiger partial charge in [-0.1, -0.05) is 0 Å². The second-order valence-corrected chi connectivity index (χ2v) is 6.88. The number of hydrazone groups is 1. The number of amides is 1. The molecule has 1 amide bonds. The van der Waals surface area contributed by atoms with Crippen molar-refractivity contribution in [1.29, 1.82) is 0 Å². The fraction of sp³-hybridized carbons (Fsp3) is 0.529. The van der Waals surface area contributed by atoms with Gasteiger partial charge in [0.2, 0.25) is 11.0 Å². The molecule has 3 rings (SSSR count). The number of carbonyl (C=O) groups excluding carboxylic acids is 1. The van der Waals surface area contributed by atoms with Crippen LogP contribution in [-0.2, 0) is 4.79 Å². The number of hydrazine groups is 1. The van der Waals surface area contributed by atoms with Crippen LogP contribution >= 0.6 is 12.2 Å². The zero-order chi connectivity index (χ0) is 19.4. The van der Waals surface area contributed by atoms with Gasteiger partial charge in [0.05, 0.1) is 18.0 Å². The summed E-state index contributed by atoms with van der Waals surface area (Å²) in [5, 5.41) is 15.2. The van der Waals surface area contributed by atoms with E-state index >= 15 is 0 Å². The number of fused-ring (bicyclic) bond motifs is 1. The van der Waals surface area contributed by atoms with Gasteiger partial charge in [-0.2, -0.15) is 10.2 Å². The molecule has 0 unspecified atom stereocenters. The quantitative estimate of drug-likeness (QED) is 0.408. The van der Waals surface area contributed by atoms with Gasteiger partial charge in [0.25, 0.3) is 0 Å². The van der Waals surface area contributed by atoms with E-state index in [9.17, 15) is 4.79 Å². The number of β-amino-alcohol motifs (C(OH)–C–C–N with tert-alkyl or cyclic N) is 1. The predicted octanol–water partition coefficient (Wildman–Crippen LogP) is -0.387. The largest absolute Gasteiger partial charge is 0.395 e. The van der Waals surface area contributed by atoms with Gasteiger partial charge in [0, 0.05) is 58.8 Å². The van der Waals surface area contributed by atoms with Gasteiger partial charge in [-0.25, -0.2) is 5.84 Å². The standard InChI is InChI=1S/C17H25N7O2S/c1-13(26)23-6-4-14(16-15(23)3-2-5-19-16)20-24(18)17(27)22-9-7-21(8-10-22)11-12-25/h2-3,5,25H,4,6-12,18H2,1H3/b20-14-. The lowest BCUT2D eigenvalue weighted by Crippen LogP contribution is -2.53. The lowest BCUT2D eigenvalue weighted by molar-refractivity contribution is -0.116. The third-order valence-electron chi connectivity index (χ3n) is 4.79. The van der Waals surface area contributed by atoms with Crippen molar-refractivity contribution >= 4 is 34.6 Å². The third-order valence-corrected chi connectivity index (χ3v) is 5.23. The average Bonchev–Trinajstić information content (AvgIpc) is 2.68. The number of aliphatic hydroxyl groups is 1. The lowest BCUT2D eigenvalue weighted by Gasteiger charge is -2.37. The maximum absolute atomic E-state index is 11.9. The van der Waals surface area contributed by atoms with Crippen molar-refractivity contribution in [2.75, 3.05) is 50.8 Å². The average molecular weight is 392 g/mol. The molecule has 0 aromatic carbocycles. The fourth-order valence-electron chi connectivity index (χ4n) is 3.34. The van der Waals surface area contributed by atoms with E-state index in [1.165, 1.54) is 5.12 Å². The highest BCUT2D eigenvalue weighted by atomic mass is 32.1. The predicted molar refractivity (Wildman–Crippen MR) is 107 cm³/mol. The van der Waals surface area contributed by atoms with E-state index in [0.717, 1.165) is 31.9 Å². The van der Waals surface area contributed by atoms with Crippen molar-refractivity contribution in [3.8, 4) is 0 Å². The molecule has 9 nitrogen and oxygen atoms in total. The van der Waals surface area contributed by atoms with Crippen LogP contribution in [0.15, 0.2) is 23.4 Å². The van der Waals surface area contributed by atoms with Gasteiger partial charge >= 0.3 is 0 Å². The van der Waals surface area contributed by atoms with Crippen LogP contribution in [0.4, 0.5) is 5.69 Å². The van der Waals surface area contributed by atoms with Crippen molar-refractivity contribution in [3.05, 3.63) is 24.0 Å². The van der Waals surface area contributed by atoms with Crippen LogP contribution in [0.3, 0.4) is 0 Å². The summed E-state index contributed by atoms with van der Waals surface area (Å²) in [7, 11) is 0. The Morgan fingerprint density at radius 2 is 2.11 bits per heavy atom. The summed E-state index contributed by atoms with van der Waals surface area (Å²) < 4.78 is 0. The molecule has 1 fully saturated rings. The molecule has 2 aliphatic heterocycles. The van der Waals surface area contributed by atoms with Crippen LogP contribution in [0.2, 0.25) is 0 Å². The number of piperazine rings is 1. The molecular formula is C17H25N7O2S. The van der Waals surface area contributed by atoms with Gasteiger partial charge in [-0.05, 0) is 24.4 Å². The second-order valence-electron chi connectivity index (χ2n) is 6.52. The highest BCUT2D eigenvalue weighted by molar-refractivity contribution is 7.80. The number of hydrogen-bond donors (Lipinski definition) is 2. The lowest BCUT2D eigenvalue weighted by atomic mass is 10.1. The number of thiocarbonyl (C=S) groups is 1. The van der Waals surface area contributed by atoms with Gasteiger partial charge in [-0.15, -0.1) is 0 Å². The Bertz CT molecular complexity index is 734. The molecule has 0 atom stereocenters. The Morgan fingerprint density at radius 3 is 2.78 bits per heavy atom. The van der Waals surface area contributed by atoms with Crippen LogP contribution in [0, 0.1) is 0 Å². The van der Waals surface area contributed by atoms with Crippen molar-refractivity contribution in [2.24, 2.45) is 10.9 Å². The molecule has 0 aliphatic carbocycles. The Hall–Kier alpha value is -2.14. The number of hydrogen-bond acceptors (Lipinski definition) is 7. The summed E-state index contributed by atoms with van der Waals surface area (Å²) in [5.74, 6) is 6.10. The second kappa shape index (κ2) is 8.70. The molecule has 10 heteroatoms. The first-order valence-electron chi connectivity index (χ1n) is 8.99. The first kappa shape index (κ1) is 19.6. The Morgan fingerprint density at radius 1 is 1.37 bits per heavy atom. The van der Waals surface area contributed by atoms with Crippen LogP contribution in [0.5, 0.6) is 0 Å². The molecule has 1 saturated heterocycles. The van der Waals surface area contributed by atoms with Crippen molar-refractivity contribution in [3.63, 3.8) is 0 Å². The van der Waals surface area contributed by atoms with Crippen LogP contribution in [0.1, 0.15) is 19.0 Å². The molecule has 0 saturated carbocycles. The number of nitrogens with two attached hydrogens (primary N) is 1. The number of anilines is 1. The molecule has 0 radical (unpaired) electrons. The van der Waals surface area contributed by atoms with E-state index in [4.69, 9.17) is 23.2 Å². The van der Waals surface area contributed by atoms with Crippen molar-refractivity contribution < 1.29 is 9.90 Å². The summed E-state index contributed by atoms with van der Waals surface area (Å²) in [6.45, 7) is 6.03. The molecule has 1 aromatic rings. The Balaban J connectivity index is 1.72. The van der Waals surface area contributed by atoms with E-state index in [1.807, 2.05) is 11.0 Å². The molecule has 3 N–H and O–H groups in total. The summed E-state index contributed by atoms with van der Waals surface area (Å²) >= 11 is 5.50. The minimum Gasteiger partial charge on any atom is -0.395 e. The number of rotatable bonds is 3. The third kappa shape index (κ3) is 4.41. The number of aromatic nitrogens is 1. The minimum atomic E-state index is -0.0239. The van der Waals surface area contributed by atoms with Crippen molar-refractivity contribution in [1.82, 2.24) is 19.9 Å². The summed E-state index contributed by atoms with van der Waals surface area (Å²) in [4.78, 5) is 22.1. The molecule has 2 aliphatic rings. The topological polar surface area (TPSA) is 102 Å². The summed E-state index contributed by atoms with van der Waals surface area (Å²) in [6, 6.07) is 3.66. The fourth-order valence-corrected chi connectivity index (χ4v) is 3.56. The zero-order valence-corrected chi connectivity index (χ0v) is 16.2. The number of nitrogens with zero attached hydrogens (tertiary/aromatic N) is 6. The maximum Gasteiger partial charge on any atom is 0.223 e. The smallest absolute Gasteiger partial charge is 0.223 e. The molecule has 3 heterocycles. The molecule has 0 bridgehead atoms. The van der Waals surface area contributed by atoms with E-state index < -0.39 is 0 Å². The number of carbonyl (C=O) groups is 1. The van der Waals surface area contributed by atoms with Gasteiger partial charge < -0.3 is 14.9 Å². The minimum absolute atomic E-state index is 0.0239. The Labute approximate surface area is 164 Å². The normalized spacial score (nSPS) is 19.1. The van der Waals surface area contributed by atoms with Gasteiger partial charge in [0.15, 0.2) is 0 Å². The molecule has 146 valence electrons. The summed E-state index contributed by atoms with van der Waals surface area (Å²) in [5.41, 5.74) is 2.11. The van der Waals surface area contributed by atoms with Crippen LogP contribution in [-0.4, -0.2) is 87.6 Å². The monoisotopic (exact) mass is 391 g/mol. The zero-order valence-electron chi connectivity index (χ0n) is 15.4. The highest BCUT2D eigenvalue weighted by Crippen LogP contribution is 2.25. The highest BCUT2D eigenvalue weighted by Gasteiger charge is 2.27. The molecule has 1 aromatic heterocycles. The first-order valence-corrected chi connectivity index (χ1v) is 9.40. The van der Waals surface area contributed by atoms with Crippen molar-refractivity contribution in [2.45, 2.75) is 13.3 Å². The molecular weight excluding hydrogens is 366 g/mol. The van der Waals surface area contributed by atoms with E-state index in [0.29, 0.717) is 36.0 Å². The maximum atomic E-state index is 11.9. The summed E-state index contributed by atoms with van der Waals surface area (Å²) in [6.07, 6.45) is 2.24. The van der Waals surface area contributed by atoms with Gasteiger partial charge in [-0.3, -0.25) is 14.7 Å². The van der Waals surface area contributed by atoms with Crippen LogP contribution in [0.25, 0.3) is 0 Å². The Kier molecular flexibility index (Phi) is 6.32. The number of aliphatic hydroxyl groups excluding tert-OH is 1. The SMILES string of the molecule is CC(=O)N1CC/C(=N/N(N)C(=S)N2CCN(CCO)CC2)c2ncccc21. The molecule has 27 heavy (non-hydrogen) atoms.